The summed E-state index contributed by atoms with van der Waals surface area (Å²) >= 11 is 7.68. The minimum absolute atomic E-state index is 0.279. The number of carbonyl (C=O) groups is 2. The number of thiophene rings is 1. The molecule has 2 aromatic carbocycles. The lowest BCUT2D eigenvalue weighted by molar-refractivity contribution is -0.120. The van der Waals surface area contributed by atoms with Gasteiger partial charge >= 0.3 is 0 Å². The number of benzene rings is 2. The molecule has 1 N–H and O–H groups in total. The number of anilines is 2. The minimum atomic E-state index is -0.390. The SMILES string of the molecule is Cc1ccc(NC2=C(c3cccs3)C(=O)N(c3ccc(C)c(Cl)c3)C2=O)c(C)c1. The van der Waals surface area contributed by atoms with Crippen LogP contribution in [0.2, 0.25) is 5.02 Å². The van der Waals surface area contributed by atoms with Crippen LogP contribution in [0.1, 0.15) is 21.6 Å². The second-order valence-electron chi connectivity index (χ2n) is 7.05. The van der Waals surface area contributed by atoms with Gasteiger partial charge in [0, 0.05) is 15.6 Å². The van der Waals surface area contributed by atoms with Gasteiger partial charge in [-0.25, -0.2) is 4.90 Å². The first-order valence-corrected chi connectivity index (χ1v) is 10.4. The molecule has 1 aromatic heterocycles. The Balaban J connectivity index is 1.81. The Morgan fingerprint density at radius 3 is 2.38 bits per heavy atom. The van der Waals surface area contributed by atoms with Gasteiger partial charge < -0.3 is 5.32 Å². The first-order chi connectivity index (χ1) is 13.9. The van der Waals surface area contributed by atoms with Crippen molar-refractivity contribution in [2.75, 3.05) is 10.2 Å². The van der Waals surface area contributed by atoms with Gasteiger partial charge in [0.2, 0.25) is 0 Å². The Kier molecular flexibility index (Phi) is 5.03. The first kappa shape index (κ1) is 19.4. The molecular formula is C23H19ClN2O2S. The summed E-state index contributed by atoms with van der Waals surface area (Å²) in [6.45, 7) is 5.86. The smallest absolute Gasteiger partial charge is 0.282 e. The number of amides is 2. The summed E-state index contributed by atoms with van der Waals surface area (Å²) < 4.78 is 0. The van der Waals surface area contributed by atoms with Crippen LogP contribution in [0.4, 0.5) is 11.4 Å². The van der Waals surface area contributed by atoms with Crippen molar-refractivity contribution in [2.24, 2.45) is 0 Å². The molecule has 6 heteroatoms. The van der Waals surface area contributed by atoms with Crippen molar-refractivity contribution in [3.8, 4) is 0 Å². The quantitative estimate of drug-likeness (QED) is 0.547. The number of nitrogens with one attached hydrogen (secondary N) is 1. The molecule has 4 rings (SSSR count). The van der Waals surface area contributed by atoms with Gasteiger partial charge in [0.05, 0.1) is 11.3 Å². The molecule has 1 aliphatic heterocycles. The Labute approximate surface area is 178 Å². The number of rotatable bonds is 4. The van der Waals surface area contributed by atoms with Crippen molar-refractivity contribution in [1.82, 2.24) is 0 Å². The average Bonchev–Trinajstić information content (AvgIpc) is 3.27. The van der Waals surface area contributed by atoms with Crippen molar-refractivity contribution in [3.05, 3.63) is 86.2 Å². The zero-order chi connectivity index (χ0) is 20.7. The Bertz CT molecular complexity index is 1170. The van der Waals surface area contributed by atoms with Crippen molar-refractivity contribution < 1.29 is 9.59 Å². The van der Waals surface area contributed by atoms with E-state index >= 15 is 0 Å². The average molecular weight is 423 g/mol. The standard InChI is InChI=1S/C23H19ClN2O2S/c1-13-6-9-18(15(3)11-13)25-21-20(19-5-4-10-29-19)22(27)26(23(21)28)16-8-7-14(2)17(24)12-16/h4-12,25H,1-3H3. The van der Waals surface area contributed by atoms with Gasteiger partial charge in [-0.1, -0.05) is 41.4 Å². The van der Waals surface area contributed by atoms with Crippen molar-refractivity contribution >= 4 is 51.7 Å². The predicted molar refractivity (Wildman–Crippen MR) is 119 cm³/mol. The molecule has 0 saturated carbocycles. The van der Waals surface area contributed by atoms with Crippen LogP contribution >= 0.6 is 22.9 Å². The molecule has 0 saturated heterocycles. The molecule has 1 aliphatic rings. The minimum Gasteiger partial charge on any atom is -0.350 e. The second kappa shape index (κ2) is 7.50. The molecule has 0 unspecified atom stereocenters. The second-order valence-corrected chi connectivity index (χ2v) is 8.40. The summed E-state index contributed by atoms with van der Waals surface area (Å²) in [7, 11) is 0. The third-order valence-electron chi connectivity index (χ3n) is 4.91. The maximum absolute atomic E-state index is 13.3. The van der Waals surface area contributed by atoms with E-state index in [4.69, 9.17) is 11.6 Å². The molecule has 0 atom stereocenters. The van der Waals surface area contributed by atoms with Gasteiger partial charge in [0.15, 0.2) is 0 Å². The van der Waals surface area contributed by atoms with E-state index < -0.39 is 5.91 Å². The highest BCUT2D eigenvalue weighted by Gasteiger charge is 2.41. The molecule has 146 valence electrons. The van der Waals surface area contributed by atoms with Gasteiger partial charge in [0.25, 0.3) is 11.8 Å². The van der Waals surface area contributed by atoms with E-state index in [1.807, 2.05) is 56.5 Å². The van der Waals surface area contributed by atoms with Crippen molar-refractivity contribution in [2.45, 2.75) is 20.8 Å². The topological polar surface area (TPSA) is 49.4 Å². The van der Waals surface area contributed by atoms with E-state index in [0.717, 1.165) is 27.3 Å². The molecule has 2 amide bonds. The van der Waals surface area contributed by atoms with Crippen LogP contribution in [0.25, 0.3) is 5.57 Å². The zero-order valence-corrected chi connectivity index (χ0v) is 17.8. The van der Waals surface area contributed by atoms with Gasteiger partial charge in [-0.05, 0) is 61.5 Å². The Morgan fingerprint density at radius 2 is 1.72 bits per heavy atom. The van der Waals surface area contributed by atoms with Crippen molar-refractivity contribution in [3.63, 3.8) is 0 Å². The van der Waals surface area contributed by atoms with Crippen LogP contribution in [-0.2, 0) is 9.59 Å². The zero-order valence-electron chi connectivity index (χ0n) is 16.2. The summed E-state index contributed by atoms with van der Waals surface area (Å²) in [5, 5.41) is 5.62. The highest BCUT2D eigenvalue weighted by atomic mass is 35.5. The summed E-state index contributed by atoms with van der Waals surface area (Å²) in [6.07, 6.45) is 0. The van der Waals surface area contributed by atoms with Gasteiger partial charge in [-0.2, -0.15) is 0 Å². The highest BCUT2D eigenvalue weighted by Crippen LogP contribution is 2.37. The predicted octanol–water partition coefficient (Wildman–Crippen LogP) is 5.72. The van der Waals surface area contributed by atoms with Crippen LogP contribution in [0.5, 0.6) is 0 Å². The number of halogens is 1. The maximum Gasteiger partial charge on any atom is 0.282 e. The lowest BCUT2D eigenvalue weighted by Crippen LogP contribution is -2.32. The summed E-state index contributed by atoms with van der Waals surface area (Å²) in [5.41, 5.74) is 4.93. The van der Waals surface area contributed by atoms with E-state index in [-0.39, 0.29) is 11.6 Å². The number of nitrogens with zero attached hydrogens (tertiary/aromatic N) is 1. The lowest BCUT2D eigenvalue weighted by atomic mass is 10.1. The molecule has 4 nitrogen and oxygen atoms in total. The fourth-order valence-electron chi connectivity index (χ4n) is 3.34. The van der Waals surface area contributed by atoms with E-state index in [1.165, 1.54) is 16.2 Å². The molecule has 0 spiro atoms. The third kappa shape index (κ3) is 3.48. The molecule has 0 bridgehead atoms. The number of imide groups is 1. The molecule has 0 radical (unpaired) electrons. The van der Waals surface area contributed by atoms with E-state index in [2.05, 4.69) is 5.32 Å². The molecule has 0 fully saturated rings. The number of hydrogen-bond acceptors (Lipinski definition) is 4. The Hall–Kier alpha value is -2.89. The van der Waals surface area contributed by atoms with E-state index in [0.29, 0.717) is 16.3 Å². The fourth-order valence-corrected chi connectivity index (χ4v) is 4.28. The normalized spacial score (nSPS) is 14.1. The molecule has 0 aliphatic carbocycles. The summed E-state index contributed by atoms with van der Waals surface area (Å²) in [5.74, 6) is -0.747. The summed E-state index contributed by atoms with van der Waals surface area (Å²) in [6, 6.07) is 14.8. The van der Waals surface area contributed by atoms with Crippen LogP contribution in [0, 0.1) is 20.8 Å². The number of hydrogen-bond donors (Lipinski definition) is 1. The van der Waals surface area contributed by atoms with Crippen LogP contribution in [0.3, 0.4) is 0 Å². The number of carbonyl (C=O) groups excluding carboxylic acids is 2. The van der Waals surface area contributed by atoms with Crippen LogP contribution < -0.4 is 10.2 Å². The largest absolute Gasteiger partial charge is 0.350 e. The van der Waals surface area contributed by atoms with Gasteiger partial charge in [-0.15, -0.1) is 11.3 Å². The number of aryl methyl sites for hydroxylation is 3. The molecule has 29 heavy (non-hydrogen) atoms. The van der Waals surface area contributed by atoms with Gasteiger partial charge in [0.1, 0.15) is 5.70 Å². The third-order valence-corrected chi connectivity index (χ3v) is 6.20. The monoisotopic (exact) mass is 422 g/mol. The van der Waals surface area contributed by atoms with Crippen molar-refractivity contribution in [1.29, 1.82) is 0 Å². The maximum atomic E-state index is 13.3. The highest BCUT2D eigenvalue weighted by molar-refractivity contribution is 7.11. The fraction of sp³-hybridized carbons (Fsp3) is 0.130. The summed E-state index contributed by atoms with van der Waals surface area (Å²) in [4.78, 5) is 28.6. The van der Waals surface area contributed by atoms with Crippen LogP contribution in [-0.4, -0.2) is 11.8 Å². The molecule has 3 aromatic rings. The lowest BCUT2D eigenvalue weighted by Gasteiger charge is -2.16. The van der Waals surface area contributed by atoms with Gasteiger partial charge in [-0.3, -0.25) is 9.59 Å². The Morgan fingerprint density at radius 1 is 0.931 bits per heavy atom. The van der Waals surface area contributed by atoms with E-state index in [1.54, 1.807) is 18.2 Å². The van der Waals surface area contributed by atoms with E-state index in [9.17, 15) is 9.59 Å². The van der Waals surface area contributed by atoms with Crippen LogP contribution in [0.15, 0.2) is 59.6 Å². The molecule has 2 heterocycles. The molecular weight excluding hydrogens is 404 g/mol. The first-order valence-electron chi connectivity index (χ1n) is 9.14.